The average Bonchev–Trinajstić information content (AvgIpc) is 3.51. The molecule has 0 saturated carbocycles. The summed E-state index contributed by atoms with van der Waals surface area (Å²) in [4.78, 5) is 6.74. The lowest BCUT2D eigenvalue weighted by molar-refractivity contribution is 0.0931. The van der Waals surface area contributed by atoms with E-state index in [0.29, 0.717) is 5.92 Å². The van der Waals surface area contributed by atoms with E-state index in [9.17, 15) is 4.39 Å². The lowest BCUT2D eigenvalue weighted by Crippen LogP contribution is -2.33. The molecule has 2 aliphatic rings. The van der Waals surface area contributed by atoms with Gasteiger partial charge in [0.05, 0.1) is 12.6 Å². The summed E-state index contributed by atoms with van der Waals surface area (Å²) in [7, 11) is 0. The summed E-state index contributed by atoms with van der Waals surface area (Å²) in [5, 5.41) is 10.2. The highest BCUT2D eigenvalue weighted by molar-refractivity contribution is 7.98. The molecular weight excluding hydrogens is 437 g/mol. The van der Waals surface area contributed by atoms with Gasteiger partial charge in [0, 0.05) is 37.2 Å². The van der Waals surface area contributed by atoms with Gasteiger partial charge in [-0.3, -0.25) is 9.88 Å². The molecule has 1 atom stereocenters. The van der Waals surface area contributed by atoms with E-state index in [2.05, 4.69) is 30.7 Å². The number of likely N-dealkylation sites (tertiary alicyclic amines) is 1. The Morgan fingerprint density at radius 2 is 1.88 bits per heavy atom. The molecule has 33 heavy (non-hydrogen) atoms. The second-order valence-electron chi connectivity index (χ2n) is 8.91. The van der Waals surface area contributed by atoms with Crippen molar-refractivity contribution in [2.24, 2.45) is 0 Å². The van der Waals surface area contributed by atoms with Gasteiger partial charge in [0.25, 0.3) is 0 Å². The van der Waals surface area contributed by atoms with Crippen LogP contribution in [0.3, 0.4) is 0 Å². The number of nitrogens with zero attached hydrogens (tertiary/aromatic N) is 5. The van der Waals surface area contributed by atoms with E-state index in [4.69, 9.17) is 4.74 Å². The number of aromatic nitrogens is 4. The van der Waals surface area contributed by atoms with Crippen molar-refractivity contribution >= 4 is 11.8 Å². The smallest absolute Gasteiger partial charge is 0.191 e. The molecule has 5 rings (SSSR count). The van der Waals surface area contributed by atoms with Crippen LogP contribution in [0.25, 0.3) is 0 Å². The largest absolute Gasteiger partial charge is 0.376 e. The molecule has 3 aromatic rings. The van der Waals surface area contributed by atoms with Crippen LogP contribution in [0.1, 0.15) is 48.6 Å². The van der Waals surface area contributed by atoms with Crippen molar-refractivity contribution in [3.63, 3.8) is 0 Å². The molecule has 2 fully saturated rings. The number of benzene rings is 1. The number of piperidine rings is 1. The van der Waals surface area contributed by atoms with Crippen molar-refractivity contribution in [1.82, 2.24) is 24.6 Å². The Morgan fingerprint density at radius 3 is 2.61 bits per heavy atom. The van der Waals surface area contributed by atoms with Crippen LogP contribution in [0.5, 0.6) is 0 Å². The van der Waals surface area contributed by atoms with Crippen LogP contribution in [0.4, 0.5) is 4.39 Å². The number of halogens is 1. The topological polar surface area (TPSA) is 56.1 Å². The Hall–Kier alpha value is -2.29. The Balaban J connectivity index is 1.26. The molecule has 6 nitrogen and oxygen atoms in total. The van der Waals surface area contributed by atoms with Crippen molar-refractivity contribution in [1.29, 1.82) is 0 Å². The van der Waals surface area contributed by atoms with Gasteiger partial charge in [-0.2, -0.15) is 0 Å². The highest BCUT2D eigenvalue weighted by Crippen LogP contribution is 2.32. The van der Waals surface area contributed by atoms with Crippen LogP contribution in [0.2, 0.25) is 0 Å². The summed E-state index contributed by atoms with van der Waals surface area (Å²) < 4.78 is 21.5. The predicted octanol–water partition coefficient (Wildman–Crippen LogP) is 4.66. The molecule has 2 saturated heterocycles. The Bertz CT molecular complexity index is 1020. The number of ether oxygens (including phenoxy) is 1. The van der Waals surface area contributed by atoms with E-state index in [1.807, 2.05) is 30.6 Å². The van der Waals surface area contributed by atoms with Crippen molar-refractivity contribution < 1.29 is 9.13 Å². The predicted molar refractivity (Wildman–Crippen MR) is 126 cm³/mol. The first kappa shape index (κ1) is 22.5. The van der Waals surface area contributed by atoms with Crippen LogP contribution >= 0.6 is 11.8 Å². The van der Waals surface area contributed by atoms with E-state index >= 15 is 0 Å². The van der Waals surface area contributed by atoms with Crippen molar-refractivity contribution in [2.45, 2.75) is 61.7 Å². The number of rotatable bonds is 8. The number of hydrogen-bond acceptors (Lipinski definition) is 6. The molecular formula is C25H30FN5OS. The van der Waals surface area contributed by atoms with Gasteiger partial charge in [-0.1, -0.05) is 30.0 Å². The van der Waals surface area contributed by atoms with Crippen LogP contribution in [-0.4, -0.2) is 50.4 Å². The zero-order valence-electron chi connectivity index (χ0n) is 18.8. The minimum Gasteiger partial charge on any atom is -0.376 e. The van der Waals surface area contributed by atoms with Gasteiger partial charge in [-0.15, -0.1) is 10.2 Å². The lowest BCUT2D eigenvalue weighted by Gasteiger charge is -2.31. The Morgan fingerprint density at radius 1 is 1.03 bits per heavy atom. The first-order chi connectivity index (χ1) is 16.2. The molecule has 0 bridgehead atoms. The molecule has 2 aromatic heterocycles. The summed E-state index contributed by atoms with van der Waals surface area (Å²) >= 11 is 1.67. The zero-order valence-corrected chi connectivity index (χ0v) is 19.6. The van der Waals surface area contributed by atoms with Crippen LogP contribution in [0, 0.1) is 5.82 Å². The van der Waals surface area contributed by atoms with Gasteiger partial charge in [-0.05, 0) is 68.1 Å². The van der Waals surface area contributed by atoms with E-state index in [1.54, 1.807) is 11.8 Å². The molecule has 8 heteroatoms. The third-order valence-corrected chi connectivity index (χ3v) is 7.56. The SMILES string of the molecule is Fc1ccc(CSc2nnc(C3CCN(Cc4cccnc4)CC3)n2CC2CCCO2)cc1. The van der Waals surface area contributed by atoms with Gasteiger partial charge < -0.3 is 9.30 Å². The molecule has 2 aliphatic heterocycles. The van der Waals surface area contributed by atoms with Gasteiger partial charge >= 0.3 is 0 Å². The lowest BCUT2D eigenvalue weighted by atomic mass is 9.95. The molecule has 1 unspecified atom stereocenters. The Kier molecular flexibility index (Phi) is 7.34. The second kappa shape index (κ2) is 10.8. The molecule has 0 radical (unpaired) electrons. The number of thioether (sulfide) groups is 1. The van der Waals surface area contributed by atoms with Crippen LogP contribution in [0.15, 0.2) is 53.9 Å². The third-order valence-electron chi connectivity index (χ3n) is 6.52. The second-order valence-corrected chi connectivity index (χ2v) is 9.86. The summed E-state index contributed by atoms with van der Waals surface area (Å²) in [6.45, 7) is 4.69. The van der Waals surface area contributed by atoms with Crippen LogP contribution in [-0.2, 0) is 23.6 Å². The third kappa shape index (κ3) is 5.80. The Labute approximate surface area is 198 Å². The first-order valence-electron chi connectivity index (χ1n) is 11.8. The minimum absolute atomic E-state index is 0.206. The maximum Gasteiger partial charge on any atom is 0.191 e. The molecule has 0 N–H and O–H groups in total. The quantitative estimate of drug-likeness (QED) is 0.449. The van der Waals surface area contributed by atoms with E-state index < -0.39 is 0 Å². The van der Waals surface area contributed by atoms with Crippen molar-refractivity contribution in [3.8, 4) is 0 Å². The van der Waals surface area contributed by atoms with Gasteiger partial charge in [0.2, 0.25) is 0 Å². The highest BCUT2D eigenvalue weighted by Gasteiger charge is 2.28. The molecule has 0 spiro atoms. The fraction of sp³-hybridized carbons (Fsp3) is 0.480. The summed E-state index contributed by atoms with van der Waals surface area (Å²) in [5.74, 6) is 2.04. The first-order valence-corrected chi connectivity index (χ1v) is 12.8. The minimum atomic E-state index is -0.206. The number of pyridine rings is 1. The van der Waals surface area contributed by atoms with E-state index in [0.717, 1.165) is 80.8 Å². The van der Waals surface area contributed by atoms with Crippen molar-refractivity contribution in [3.05, 3.63) is 71.6 Å². The van der Waals surface area contributed by atoms with Gasteiger partial charge in [0.15, 0.2) is 5.16 Å². The normalized spacial score (nSPS) is 19.8. The van der Waals surface area contributed by atoms with Crippen LogP contribution < -0.4 is 0 Å². The maximum atomic E-state index is 13.2. The molecule has 4 heterocycles. The molecule has 1 aromatic carbocycles. The van der Waals surface area contributed by atoms with E-state index in [1.165, 1.54) is 17.7 Å². The fourth-order valence-electron chi connectivity index (χ4n) is 4.70. The maximum absolute atomic E-state index is 13.2. The monoisotopic (exact) mass is 467 g/mol. The van der Waals surface area contributed by atoms with Crippen molar-refractivity contribution in [2.75, 3.05) is 19.7 Å². The molecule has 0 aliphatic carbocycles. The summed E-state index contributed by atoms with van der Waals surface area (Å²) in [6, 6.07) is 10.8. The summed E-state index contributed by atoms with van der Waals surface area (Å²) in [5.41, 5.74) is 2.34. The standard InChI is InChI=1S/C25H30FN5OS/c26-22-7-5-19(6-8-22)18-33-25-29-28-24(31(25)17-23-4-2-14-32-23)21-9-12-30(13-10-21)16-20-3-1-11-27-15-20/h1,3,5-8,11,15,21,23H,2,4,9-10,12-14,16-18H2. The average molecular weight is 468 g/mol. The summed E-state index contributed by atoms with van der Waals surface area (Å²) in [6.07, 6.45) is 8.36. The number of hydrogen-bond donors (Lipinski definition) is 0. The van der Waals surface area contributed by atoms with Gasteiger partial charge in [0.1, 0.15) is 11.6 Å². The van der Waals surface area contributed by atoms with Gasteiger partial charge in [-0.25, -0.2) is 4.39 Å². The fourth-order valence-corrected chi connectivity index (χ4v) is 5.61. The highest BCUT2D eigenvalue weighted by atomic mass is 32.2. The van der Waals surface area contributed by atoms with E-state index in [-0.39, 0.29) is 11.9 Å². The zero-order chi connectivity index (χ0) is 22.5. The molecule has 0 amide bonds. The molecule has 174 valence electrons.